The van der Waals surface area contributed by atoms with Gasteiger partial charge in [0.2, 0.25) is 0 Å². The average molecular weight is 235 g/mol. The third kappa shape index (κ3) is 4.95. The standard InChI is InChI=1S/C10H21NO3S/c1-9(6-11)7-15(12,13)8-10-4-2-3-5-14-10/h9-10H,2-8,11H2,1H3. The molecule has 1 aliphatic heterocycles. The molecule has 0 aromatic rings. The van der Waals surface area contributed by atoms with E-state index in [1.54, 1.807) is 0 Å². The molecule has 0 saturated carbocycles. The topological polar surface area (TPSA) is 69.4 Å². The summed E-state index contributed by atoms with van der Waals surface area (Å²) in [6, 6.07) is 0. The maximum absolute atomic E-state index is 11.7. The van der Waals surface area contributed by atoms with Crippen molar-refractivity contribution in [3.05, 3.63) is 0 Å². The van der Waals surface area contributed by atoms with Crippen LogP contribution in [0.4, 0.5) is 0 Å². The lowest BCUT2D eigenvalue weighted by Gasteiger charge is -2.22. The second-order valence-electron chi connectivity index (χ2n) is 4.41. The summed E-state index contributed by atoms with van der Waals surface area (Å²) in [5.41, 5.74) is 5.42. The molecule has 2 atom stereocenters. The van der Waals surface area contributed by atoms with Gasteiger partial charge in [-0.15, -0.1) is 0 Å². The van der Waals surface area contributed by atoms with Crippen LogP contribution in [-0.2, 0) is 14.6 Å². The van der Waals surface area contributed by atoms with Crippen molar-refractivity contribution in [1.29, 1.82) is 0 Å². The Kier molecular flexibility index (Phi) is 5.02. The fraction of sp³-hybridized carbons (Fsp3) is 1.00. The first-order chi connectivity index (χ1) is 7.03. The van der Waals surface area contributed by atoms with E-state index in [-0.39, 0.29) is 23.5 Å². The first-order valence-corrected chi connectivity index (χ1v) is 7.38. The summed E-state index contributed by atoms with van der Waals surface area (Å²) < 4.78 is 28.9. The van der Waals surface area contributed by atoms with Gasteiger partial charge in [-0.3, -0.25) is 0 Å². The van der Waals surface area contributed by atoms with E-state index in [4.69, 9.17) is 10.5 Å². The molecule has 0 amide bonds. The SMILES string of the molecule is CC(CN)CS(=O)(=O)CC1CCCCO1. The third-order valence-corrected chi connectivity index (χ3v) is 4.61. The Hall–Kier alpha value is -0.130. The van der Waals surface area contributed by atoms with Crippen LogP contribution in [0.1, 0.15) is 26.2 Å². The quantitative estimate of drug-likeness (QED) is 0.756. The normalized spacial score (nSPS) is 25.1. The van der Waals surface area contributed by atoms with E-state index in [0.29, 0.717) is 13.2 Å². The van der Waals surface area contributed by atoms with Crippen molar-refractivity contribution in [3.63, 3.8) is 0 Å². The van der Waals surface area contributed by atoms with Gasteiger partial charge in [0, 0.05) is 6.61 Å². The first kappa shape index (κ1) is 12.9. The van der Waals surface area contributed by atoms with Crippen molar-refractivity contribution in [2.45, 2.75) is 32.3 Å². The Morgan fingerprint density at radius 3 is 2.73 bits per heavy atom. The zero-order valence-electron chi connectivity index (χ0n) is 9.31. The first-order valence-electron chi connectivity index (χ1n) is 5.55. The number of hydrogen-bond donors (Lipinski definition) is 1. The van der Waals surface area contributed by atoms with E-state index in [0.717, 1.165) is 19.3 Å². The fourth-order valence-electron chi connectivity index (χ4n) is 1.79. The van der Waals surface area contributed by atoms with E-state index >= 15 is 0 Å². The molecule has 0 radical (unpaired) electrons. The van der Waals surface area contributed by atoms with Gasteiger partial charge in [-0.05, 0) is 31.7 Å². The number of nitrogens with two attached hydrogens (primary N) is 1. The number of sulfone groups is 1. The Morgan fingerprint density at radius 2 is 2.20 bits per heavy atom. The molecule has 1 aliphatic rings. The third-order valence-electron chi connectivity index (χ3n) is 2.65. The molecule has 0 bridgehead atoms. The predicted octanol–water partition coefficient (Wildman–Crippen LogP) is 0.565. The highest BCUT2D eigenvalue weighted by Crippen LogP contribution is 2.15. The van der Waals surface area contributed by atoms with Gasteiger partial charge in [-0.2, -0.15) is 0 Å². The highest BCUT2D eigenvalue weighted by atomic mass is 32.2. The van der Waals surface area contributed by atoms with Crippen LogP contribution in [0.25, 0.3) is 0 Å². The fourth-order valence-corrected chi connectivity index (χ4v) is 3.76. The number of rotatable bonds is 5. The molecule has 1 saturated heterocycles. The zero-order chi connectivity index (χ0) is 11.3. The van der Waals surface area contributed by atoms with Crippen LogP contribution in [0, 0.1) is 5.92 Å². The largest absolute Gasteiger partial charge is 0.377 e. The van der Waals surface area contributed by atoms with Gasteiger partial charge in [0.1, 0.15) is 0 Å². The van der Waals surface area contributed by atoms with Crippen molar-refractivity contribution >= 4 is 9.84 Å². The predicted molar refractivity (Wildman–Crippen MR) is 60.5 cm³/mol. The summed E-state index contributed by atoms with van der Waals surface area (Å²) in [6.45, 7) is 2.98. The summed E-state index contributed by atoms with van der Waals surface area (Å²) in [6.07, 6.45) is 2.91. The van der Waals surface area contributed by atoms with E-state index in [1.807, 2.05) is 6.92 Å². The van der Waals surface area contributed by atoms with Crippen molar-refractivity contribution in [2.75, 3.05) is 24.7 Å². The van der Waals surface area contributed by atoms with E-state index in [1.165, 1.54) is 0 Å². The Morgan fingerprint density at radius 1 is 1.47 bits per heavy atom. The van der Waals surface area contributed by atoms with Gasteiger partial charge >= 0.3 is 0 Å². The molecule has 4 nitrogen and oxygen atoms in total. The summed E-state index contributed by atoms with van der Waals surface area (Å²) >= 11 is 0. The van der Waals surface area contributed by atoms with Crippen LogP contribution in [0.15, 0.2) is 0 Å². The van der Waals surface area contributed by atoms with Crippen LogP contribution in [0.2, 0.25) is 0 Å². The molecule has 1 heterocycles. The molecule has 1 rings (SSSR count). The molecule has 0 aromatic heterocycles. The van der Waals surface area contributed by atoms with Crippen molar-refractivity contribution < 1.29 is 13.2 Å². The van der Waals surface area contributed by atoms with Gasteiger partial charge in [-0.1, -0.05) is 6.92 Å². The van der Waals surface area contributed by atoms with Gasteiger partial charge in [0.25, 0.3) is 0 Å². The van der Waals surface area contributed by atoms with Crippen molar-refractivity contribution in [2.24, 2.45) is 11.7 Å². The minimum Gasteiger partial charge on any atom is -0.377 e. The molecule has 0 aliphatic carbocycles. The minimum atomic E-state index is -3.00. The molecular weight excluding hydrogens is 214 g/mol. The van der Waals surface area contributed by atoms with E-state index in [2.05, 4.69) is 0 Å². The molecule has 15 heavy (non-hydrogen) atoms. The van der Waals surface area contributed by atoms with Gasteiger partial charge < -0.3 is 10.5 Å². The second kappa shape index (κ2) is 5.82. The Balaban J connectivity index is 2.40. The lowest BCUT2D eigenvalue weighted by molar-refractivity contribution is 0.0305. The number of hydrogen-bond acceptors (Lipinski definition) is 4. The molecule has 2 N–H and O–H groups in total. The monoisotopic (exact) mass is 235 g/mol. The molecule has 90 valence electrons. The zero-order valence-corrected chi connectivity index (χ0v) is 10.1. The van der Waals surface area contributed by atoms with Gasteiger partial charge in [0.05, 0.1) is 17.6 Å². The summed E-state index contributed by atoms with van der Waals surface area (Å²) in [7, 11) is -3.00. The lowest BCUT2D eigenvalue weighted by atomic mass is 10.1. The highest BCUT2D eigenvalue weighted by Gasteiger charge is 2.23. The Labute approximate surface area is 92.1 Å². The maximum Gasteiger partial charge on any atom is 0.153 e. The lowest BCUT2D eigenvalue weighted by Crippen LogP contribution is -2.31. The molecule has 5 heteroatoms. The van der Waals surface area contributed by atoms with Crippen molar-refractivity contribution in [1.82, 2.24) is 0 Å². The summed E-state index contributed by atoms with van der Waals surface area (Å²) in [5, 5.41) is 0. The smallest absolute Gasteiger partial charge is 0.153 e. The molecular formula is C10H21NO3S. The van der Waals surface area contributed by atoms with E-state index in [9.17, 15) is 8.42 Å². The average Bonchev–Trinajstić information content (AvgIpc) is 2.17. The van der Waals surface area contributed by atoms with Crippen LogP contribution in [-0.4, -0.2) is 39.2 Å². The van der Waals surface area contributed by atoms with Gasteiger partial charge in [-0.25, -0.2) is 8.42 Å². The van der Waals surface area contributed by atoms with E-state index < -0.39 is 9.84 Å². The molecule has 0 aromatic carbocycles. The van der Waals surface area contributed by atoms with Gasteiger partial charge in [0.15, 0.2) is 9.84 Å². The Bertz CT molecular complexity index is 270. The molecule has 0 spiro atoms. The number of ether oxygens (including phenoxy) is 1. The van der Waals surface area contributed by atoms with Crippen LogP contribution in [0.3, 0.4) is 0 Å². The maximum atomic E-state index is 11.7. The summed E-state index contributed by atoms with van der Waals surface area (Å²) in [5.74, 6) is 0.388. The second-order valence-corrected chi connectivity index (χ2v) is 6.56. The van der Waals surface area contributed by atoms with Crippen LogP contribution in [0.5, 0.6) is 0 Å². The van der Waals surface area contributed by atoms with Crippen LogP contribution < -0.4 is 5.73 Å². The minimum absolute atomic E-state index is 0.0404. The summed E-state index contributed by atoms with van der Waals surface area (Å²) in [4.78, 5) is 0. The molecule has 1 fully saturated rings. The highest BCUT2D eigenvalue weighted by molar-refractivity contribution is 7.91. The van der Waals surface area contributed by atoms with Crippen LogP contribution >= 0.6 is 0 Å². The van der Waals surface area contributed by atoms with Crippen molar-refractivity contribution in [3.8, 4) is 0 Å². The molecule has 2 unspecified atom stereocenters.